The van der Waals surface area contributed by atoms with Crippen LogP contribution in [0.3, 0.4) is 0 Å². The van der Waals surface area contributed by atoms with E-state index in [-0.39, 0.29) is 11.7 Å². The molecule has 7 heteroatoms. The minimum Gasteiger partial charge on any atom is -0.491 e. The first-order chi connectivity index (χ1) is 13.4. The number of nitrogens with one attached hydrogen (secondary N) is 2. The Bertz CT molecular complexity index is 955. The van der Waals surface area contributed by atoms with Gasteiger partial charge in [-0.15, -0.1) is 0 Å². The molecule has 0 radical (unpaired) electrons. The van der Waals surface area contributed by atoms with E-state index in [1.807, 2.05) is 38.1 Å². The normalized spacial score (nSPS) is 10.6. The van der Waals surface area contributed by atoms with Crippen molar-refractivity contribution < 1.29 is 18.3 Å². The molecule has 2 N–H and O–H groups in total. The predicted molar refractivity (Wildman–Crippen MR) is 104 cm³/mol. The Balaban J connectivity index is 1.72. The lowest BCUT2D eigenvalue weighted by atomic mass is 10.2. The first kappa shape index (κ1) is 19.3. The summed E-state index contributed by atoms with van der Waals surface area (Å²) in [6.45, 7) is 3.89. The molecule has 0 saturated heterocycles. The molecule has 0 aliphatic rings. The summed E-state index contributed by atoms with van der Waals surface area (Å²) >= 11 is 0. The zero-order chi connectivity index (χ0) is 20.1. The average molecular weight is 383 g/mol. The molecule has 0 atom stereocenters. The Kier molecular flexibility index (Phi) is 5.84. The number of amides is 1. The van der Waals surface area contributed by atoms with Crippen molar-refractivity contribution in [3.8, 4) is 5.75 Å². The highest BCUT2D eigenvalue weighted by molar-refractivity contribution is 6.04. The van der Waals surface area contributed by atoms with E-state index in [0.717, 1.165) is 23.6 Å². The second kappa shape index (κ2) is 8.47. The van der Waals surface area contributed by atoms with Gasteiger partial charge in [-0.1, -0.05) is 6.07 Å². The molecule has 5 nitrogen and oxygen atoms in total. The predicted octanol–water partition coefficient (Wildman–Crippen LogP) is 5.14. The van der Waals surface area contributed by atoms with Gasteiger partial charge in [0.2, 0.25) is 0 Å². The second-order valence-corrected chi connectivity index (χ2v) is 6.33. The number of rotatable bonds is 6. The van der Waals surface area contributed by atoms with Crippen LogP contribution in [0.5, 0.6) is 5.75 Å². The fraction of sp³-hybridized carbons (Fsp3) is 0.143. The topological polar surface area (TPSA) is 63.2 Å². The van der Waals surface area contributed by atoms with Crippen LogP contribution in [0.2, 0.25) is 0 Å². The quantitative estimate of drug-likeness (QED) is 0.618. The van der Waals surface area contributed by atoms with Gasteiger partial charge in [-0.05, 0) is 56.3 Å². The number of anilines is 3. The molecule has 0 bridgehead atoms. The zero-order valence-corrected chi connectivity index (χ0v) is 15.4. The maximum Gasteiger partial charge on any atom is 0.257 e. The Morgan fingerprint density at radius 1 is 1.00 bits per heavy atom. The Morgan fingerprint density at radius 2 is 1.68 bits per heavy atom. The molecule has 0 unspecified atom stereocenters. The Hall–Kier alpha value is -3.48. The first-order valence-corrected chi connectivity index (χ1v) is 8.66. The van der Waals surface area contributed by atoms with Gasteiger partial charge >= 0.3 is 0 Å². The van der Waals surface area contributed by atoms with Gasteiger partial charge in [0.15, 0.2) is 0 Å². The van der Waals surface area contributed by atoms with Crippen LogP contribution in [0.15, 0.2) is 60.9 Å². The van der Waals surface area contributed by atoms with Gasteiger partial charge in [0, 0.05) is 11.9 Å². The van der Waals surface area contributed by atoms with Crippen molar-refractivity contribution in [3.63, 3.8) is 0 Å². The van der Waals surface area contributed by atoms with Gasteiger partial charge in [0.25, 0.3) is 5.91 Å². The Labute approximate surface area is 161 Å². The lowest BCUT2D eigenvalue weighted by Crippen LogP contribution is -2.14. The molecule has 1 aromatic heterocycles. The molecule has 2 aromatic carbocycles. The van der Waals surface area contributed by atoms with E-state index in [1.54, 1.807) is 12.3 Å². The van der Waals surface area contributed by atoms with Crippen LogP contribution in [-0.2, 0) is 0 Å². The number of carbonyl (C=O) groups is 1. The fourth-order valence-corrected chi connectivity index (χ4v) is 2.49. The summed E-state index contributed by atoms with van der Waals surface area (Å²) in [7, 11) is 0. The maximum absolute atomic E-state index is 13.7. The van der Waals surface area contributed by atoms with E-state index >= 15 is 0 Å². The van der Waals surface area contributed by atoms with Gasteiger partial charge in [-0.25, -0.2) is 8.78 Å². The zero-order valence-electron chi connectivity index (χ0n) is 15.4. The number of pyridine rings is 1. The molecule has 1 heterocycles. The van der Waals surface area contributed by atoms with Crippen molar-refractivity contribution in [3.05, 3.63) is 78.1 Å². The third-order valence-corrected chi connectivity index (χ3v) is 3.72. The third kappa shape index (κ3) is 4.82. The third-order valence-electron chi connectivity index (χ3n) is 3.72. The van der Waals surface area contributed by atoms with Gasteiger partial charge in [-0.3, -0.25) is 9.78 Å². The molecule has 3 rings (SSSR count). The smallest absolute Gasteiger partial charge is 0.257 e. The summed E-state index contributed by atoms with van der Waals surface area (Å²) in [6.07, 6.45) is 2.94. The van der Waals surface area contributed by atoms with E-state index < -0.39 is 23.2 Å². The monoisotopic (exact) mass is 383 g/mol. The fourth-order valence-electron chi connectivity index (χ4n) is 2.49. The average Bonchev–Trinajstić information content (AvgIpc) is 2.66. The number of nitrogens with zero attached hydrogens (tertiary/aromatic N) is 1. The number of halogens is 2. The molecule has 0 aliphatic heterocycles. The molecule has 0 aliphatic carbocycles. The van der Waals surface area contributed by atoms with Crippen molar-refractivity contribution in [1.29, 1.82) is 0 Å². The largest absolute Gasteiger partial charge is 0.491 e. The highest BCUT2D eigenvalue weighted by Crippen LogP contribution is 2.22. The molecule has 28 heavy (non-hydrogen) atoms. The highest BCUT2D eigenvalue weighted by atomic mass is 19.1. The van der Waals surface area contributed by atoms with Crippen LogP contribution in [0.4, 0.5) is 25.8 Å². The number of benzene rings is 2. The SMILES string of the molecule is CC(C)Oc1ccc(Nc2cncc(C(=O)Nc3c(F)cccc3F)c2)cc1. The first-order valence-electron chi connectivity index (χ1n) is 8.66. The molecular weight excluding hydrogens is 364 g/mol. The summed E-state index contributed by atoms with van der Waals surface area (Å²) in [6, 6.07) is 12.2. The van der Waals surface area contributed by atoms with E-state index in [0.29, 0.717) is 5.69 Å². The lowest BCUT2D eigenvalue weighted by molar-refractivity contribution is 0.102. The minimum absolute atomic E-state index is 0.0810. The van der Waals surface area contributed by atoms with Gasteiger partial charge < -0.3 is 15.4 Å². The van der Waals surface area contributed by atoms with Crippen molar-refractivity contribution in [2.24, 2.45) is 0 Å². The molecule has 3 aromatic rings. The van der Waals surface area contributed by atoms with Crippen molar-refractivity contribution >= 4 is 23.0 Å². The van der Waals surface area contributed by atoms with Crippen molar-refractivity contribution in [2.45, 2.75) is 20.0 Å². The number of ether oxygens (including phenoxy) is 1. The van der Waals surface area contributed by atoms with E-state index in [2.05, 4.69) is 15.6 Å². The van der Waals surface area contributed by atoms with Crippen LogP contribution in [0.25, 0.3) is 0 Å². The molecule has 0 fully saturated rings. The number of hydrogen-bond acceptors (Lipinski definition) is 4. The van der Waals surface area contributed by atoms with Crippen molar-refractivity contribution in [1.82, 2.24) is 4.98 Å². The highest BCUT2D eigenvalue weighted by Gasteiger charge is 2.14. The second-order valence-electron chi connectivity index (χ2n) is 6.33. The standard InChI is InChI=1S/C21H19F2N3O2/c1-13(2)28-17-8-6-15(7-9-17)25-16-10-14(11-24-12-16)21(27)26-20-18(22)4-3-5-19(20)23/h3-13,25H,1-2H3,(H,26,27). The van der Waals surface area contributed by atoms with E-state index in [9.17, 15) is 13.6 Å². The lowest BCUT2D eigenvalue weighted by Gasteiger charge is -2.12. The Morgan fingerprint density at radius 3 is 2.32 bits per heavy atom. The summed E-state index contributed by atoms with van der Waals surface area (Å²) in [5, 5.41) is 5.36. The van der Waals surface area contributed by atoms with Gasteiger partial charge in [-0.2, -0.15) is 0 Å². The maximum atomic E-state index is 13.7. The van der Waals surface area contributed by atoms with Crippen LogP contribution < -0.4 is 15.4 Å². The van der Waals surface area contributed by atoms with Crippen LogP contribution >= 0.6 is 0 Å². The van der Waals surface area contributed by atoms with Gasteiger partial charge in [0.05, 0.1) is 23.6 Å². The van der Waals surface area contributed by atoms with E-state index in [4.69, 9.17) is 4.74 Å². The van der Waals surface area contributed by atoms with E-state index in [1.165, 1.54) is 12.3 Å². The molecular formula is C21H19F2N3O2. The van der Waals surface area contributed by atoms with Crippen LogP contribution in [0, 0.1) is 11.6 Å². The number of aromatic nitrogens is 1. The number of hydrogen-bond donors (Lipinski definition) is 2. The minimum atomic E-state index is -0.848. The van der Waals surface area contributed by atoms with Gasteiger partial charge in [0.1, 0.15) is 23.1 Å². The van der Waals surface area contributed by atoms with Crippen LogP contribution in [-0.4, -0.2) is 17.0 Å². The number of para-hydroxylation sites is 1. The van der Waals surface area contributed by atoms with Crippen LogP contribution in [0.1, 0.15) is 24.2 Å². The number of carbonyl (C=O) groups excluding carboxylic acids is 1. The molecule has 1 amide bonds. The van der Waals surface area contributed by atoms with Crippen molar-refractivity contribution in [2.75, 3.05) is 10.6 Å². The summed E-state index contributed by atoms with van der Waals surface area (Å²) in [5.41, 5.74) is 0.994. The summed E-state index contributed by atoms with van der Waals surface area (Å²) in [4.78, 5) is 16.4. The molecule has 0 saturated carbocycles. The molecule has 0 spiro atoms. The summed E-state index contributed by atoms with van der Waals surface area (Å²) < 4.78 is 33.0. The summed E-state index contributed by atoms with van der Waals surface area (Å²) in [5.74, 6) is -1.61. The molecule has 144 valence electrons.